The number of halogens is 3. The first-order chi connectivity index (χ1) is 5.95. The minimum atomic E-state index is -1.19. The number of benzene rings is 1. The first kappa shape index (κ1) is 9.89. The summed E-state index contributed by atoms with van der Waals surface area (Å²) in [5.41, 5.74) is 4.28. The lowest BCUT2D eigenvalue weighted by Crippen LogP contribution is -2.04. The average molecular weight is 189 g/mol. The maximum Gasteiger partial charge on any atom is 0.182 e. The Hall–Kier alpha value is -1.19. The molecule has 0 saturated heterocycles. The molecule has 1 aromatic rings. The highest BCUT2D eigenvalue weighted by Crippen LogP contribution is 2.27. The van der Waals surface area contributed by atoms with Crippen molar-refractivity contribution in [2.75, 3.05) is 5.73 Å². The standard InChI is InChI=1S/C9H10F3N/c1-4(2)7-5(10)3-6(13)8(11)9(7)12/h3-4H,13H2,1-2H3. The van der Waals surface area contributed by atoms with E-state index in [1.54, 1.807) is 13.8 Å². The molecule has 0 aromatic heterocycles. The number of nitrogen functional groups attached to an aromatic ring is 1. The van der Waals surface area contributed by atoms with E-state index in [1.807, 2.05) is 0 Å². The Morgan fingerprint density at radius 2 is 1.69 bits per heavy atom. The van der Waals surface area contributed by atoms with Crippen molar-refractivity contribution in [1.82, 2.24) is 0 Å². The van der Waals surface area contributed by atoms with Crippen LogP contribution in [0.4, 0.5) is 18.9 Å². The first-order valence-corrected chi connectivity index (χ1v) is 3.88. The average Bonchev–Trinajstić information content (AvgIpc) is 1.99. The number of nitrogens with two attached hydrogens (primary N) is 1. The van der Waals surface area contributed by atoms with Gasteiger partial charge < -0.3 is 5.73 Å². The number of hydrogen-bond acceptors (Lipinski definition) is 1. The van der Waals surface area contributed by atoms with Gasteiger partial charge in [-0.3, -0.25) is 0 Å². The molecule has 0 saturated carbocycles. The second kappa shape index (κ2) is 3.28. The highest BCUT2D eigenvalue weighted by molar-refractivity contribution is 5.44. The SMILES string of the molecule is CC(C)c1c(F)cc(N)c(F)c1F. The topological polar surface area (TPSA) is 26.0 Å². The van der Waals surface area contributed by atoms with Crippen molar-refractivity contribution in [2.24, 2.45) is 0 Å². The van der Waals surface area contributed by atoms with Crippen molar-refractivity contribution < 1.29 is 13.2 Å². The van der Waals surface area contributed by atoms with Crippen molar-refractivity contribution in [3.63, 3.8) is 0 Å². The molecule has 0 radical (unpaired) electrons. The van der Waals surface area contributed by atoms with E-state index in [2.05, 4.69) is 0 Å². The third-order valence-corrected chi connectivity index (χ3v) is 1.80. The lowest BCUT2D eigenvalue weighted by molar-refractivity contribution is 0.475. The molecule has 0 bridgehead atoms. The quantitative estimate of drug-likeness (QED) is 0.533. The van der Waals surface area contributed by atoms with Gasteiger partial charge in [0.15, 0.2) is 11.6 Å². The van der Waals surface area contributed by atoms with Crippen molar-refractivity contribution >= 4 is 5.69 Å². The molecule has 0 atom stereocenters. The van der Waals surface area contributed by atoms with Gasteiger partial charge in [-0.15, -0.1) is 0 Å². The summed E-state index contributed by atoms with van der Waals surface area (Å²) in [5, 5.41) is 0. The molecule has 13 heavy (non-hydrogen) atoms. The second-order valence-electron chi connectivity index (χ2n) is 3.14. The molecule has 4 heteroatoms. The zero-order valence-electron chi connectivity index (χ0n) is 7.37. The fourth-order valence-electron chi connectivity index (χ4n) is 1.16. The third-order valence-electron chi connectivity index (χ3n) is 1.80. The monoisotopic (exact) mass is 189 g/mol. The minimum absolute atomic E-state index is 0.258. The highest BCUT2D eigenvalue weighted by atomic mass is 19.2. The Morgan fingerprint density at radius 1 is 1.15 bits per heavy atom. The zero-order valence-corrected chi connectivity index (χ0v) is 7.37. The molecule has 2 N–H and O–H groups in total. The van der Waals surface area contributed by atoms with Gasteiger partial charge in [-0.2, -0.15) is 0 Å². The Labute approximate surface area is 74.4 Å². The zero-order chi connectivity index (χ0) is 10.2. The van der Waals surface area contributed by atoms with Crippen LogP contribution in [0.2, 0.25) is 0 Å². The van der Waals surface area contributed by atoms with Crippen LogP contribution in [-0.2, 0) is 0 Å². The molecular formula is C9H10F3N. The van der Waals surface area contributed by atoms with Crippen LogP contribution in [0, 0.1) is 17.5 Å². The summed E-state index contributed by atoms with van der Waals surface area (Å²) in [6, 6.07) is 0.799. The van der Waals surface area contributed by atoms with Crippen LogP contribution < -0.4 is 5.73 Å². The van der Waals surface area contributed by atoms with E-state index < -0.39 is 29.1 Å². The number of rotatable bonds is 1. The Morgan fingerprint density at radius 3 is 2.15 bits per heavy atom. The van der Waals surface area contributed by atoms with Crippen molar-refractivity contribution in [3.8, 4) is 0 Å². The maximum absolute atomic E-state index is 13.1. The second-order valence-corrected chi connectivity index (χ2v) is 3.14. The van der Waals surface area contributed by atoms with Gasteiger partial charge in [-0.1, -0.05) is 13.8 Å². The van der Waals surface area contributed by atoms with Crippen molar-refractivity contribution in [2.45, 2.75) is 19.8 Å². The van der Waals surface area contributed by atoms with Gasteiger partial charge in [-0.25, -0.2) is 13.2 Å². The molecule has 1 nitrogen and oxygen atoms in total. The summed E-state index contributed by atoms with van der Waals surface area (Å²) in [7, 11) is 0. The van der Waals surface area contributed by atoms with E-state index >= 15 is 0 Å². The summed E-state index contributed by atoms with van der Waals surface area (Å²) < 4.78 is 39.0. The summed E-state index contributed by atoms with van der Waals surface area (Å²) in [6.45, 7) is 3.16. The molecule has 0 heterocycles. The van der Waals surface area contributed by atoms with Crippen LogP contribution in [0.25, 0.3) is 0 Å². The number of hydrogen-bond donors (Lipinski definition) is 1. The molecule has 0 aliphatic carbocycles. The predicted octanol–water partition coefficient (Wildman–Crippen LogP) is 2.81. The Balaban J connectivity index is 3.44. The summed E-state index contributed by atoms with van der Waals surface area (Å²) in [4.78, 5) is 0. The molecule has 0 unspecified atom stereocenters. The fourth-order valence-corrected chi connectivity index (χ4v) is 1.16. The van der Waals surface area contributed by atoms with Crippen LogP contribution in [0.15, 0.2) is 6.07 Å². The van der Waals surface area contributed by atoms with E-state index in [-0.39, 0.29) is 5.56 Å². The van der Waals surface area contributed by atoms with Crippen molar-refractivity contribution in [3.05, 3.63) is 29.1 Å². The number of anilines is 1. The first-order valence-electron chi connectivity index (χ1n) is 3.88. The summed E-state index contributed by atoms with van der Waals surface area (Å²) in [6.07, 6.45) is 0. The normalized spacial score (nSPS) is 10.9. The fraction of sp³-hybridized carbons (Fsp3) is 0.333. The lowest BCUT2D eigenvalue weighted by Gasteiger charge is -2.10. The molecular weight excluding hydrogens is 179 g/mol. The van der Waals surface area contributed by atoms with Crippen LogP contribution in [0.5, 0.6) is 0 Å². The molecule has 0 aliphatic heterocycles. The molecule has 1 rings (SSSR count). The molecule has 0 spiro atoms. The maximum atomic E-state index is 13.1. The van der Waals surface area contributed by atoms with E-state index in [1.165, 1.54) is 0 Å². The van der Waals surface area contributed by atoms with E-state index in [4.69, 9.17) is 5.73 Å². The van der Waals surface area contributed by atoms with Crippen LogP contribution in [-0.4, -0.2) is 0 Å². The van der Waals surface area contributed by atoms with Gasteiger partial charge in [0.25, 0.3) is 0 Å². The Kier molecular flexibility index (Phi) is 2.50. The summed E-state index contributed by atoms with van der Waals surface area (Å²) in [5.74, 6) is -3.57. The van der Waals surface area contributed by atoms with Crippen molar-refractivity contribution in [1.29, 1.82) is 0 Å². The third kappa shape index (κ3) is 1.61. The molecule has 1 aromatic carbocycles. The van der Waals surface area contributed by atoms with Gasteiger partial charge in [0.2, 0.25) is 0 Å². The van der Waals surface area contributed by atoms with Gasteiger partial charge in [0, 0.05) is 11.6 Å². The molecule has 0 amide bonds. The summed E-state index contributed by atoms with van der Waals surface area (Å²) >= 11 is 0. The lowest BCUT2D eigenvalue weighted by atomic mass is 10.0. The van der Waals surface area contributed by atoms with Crippen LogP contribution in [0.3, 0.4) is 0 Å². The van der Waals surface area contributed by atoms with E-state index in [0.29, 0.717) is 0 Å². The Bertz CT molecular complexity index is 334. The van der Waals surface area contributed by atoms with Gasteiger partial charge in [-0.05, 0) is 5.92 Å². The van der Waals surface area contributed by atoms with E-state index in [9.17, 15) is 13.2 Å². The molecule has 0 aliphatic rings. The van der Waals surface area contributed by atoms with Gasteiger partial charge >= 0.3 is 0 Å². The molecule has 0 fully saturated rings. The largest absolute Gasteiger partial charge is 0.396 e. The molecule has 72 valence electrons. The highest BCUT2D eigenvalue weighted by Gasteiger charge is 2.19. The smallest absolute Gasteiger partial charge is 0.182 e. The van der Waals surface area contributed by atoms with E-state index in [0.717, 1.165) is 6.07 Å². The minimum Gasteiger partial charge on any atom is -0.396 e. The van der Waals surface area contributed by atoms with Crippen LogP contribution in [0.1, 0.15) is 25.3 Å². The predicted molar refractivity (Wildman–Crippen MR) is 44.8 cm³/mol. The van der Waals surface area contributed by atoms with Gasteiger partial charge in [0.1, 0.15) is 5.82 Å². The van der Waals surface area contributed by atoms with Gasteiger partial charge in [0.05, 0.1) is 5.69 Å². The van der Waals surface area contributed by atoms with Crippen LogP contribution >= 0.6 is 0 Å².